The van der Waals surface area contributed by atoms with E-state index in [4.69, 9.17) is 16.9 Å². The van der Waals surface area contributed by atoms with E-state index < -0.39 is 0 Å². The van der Waals surface area contributed by atoms with Crippen LogP contribution in [-0.4, -0.2) is 35.6 Å². The van der Waals surface area contributed by atoms with Crippen LogP contribution in [0.3, 0.4) is 0 Å². The number of nitrogens with one attached hydrogen (secondary N) is 1. The van der Waals surface area contributed by atoms with Crippen LogP contribution in [-0.2, 0) is 0 Å². The number of anilines is 2. The molecule has 2 bridgehead atoms. The summed E-state index contributed by atoms with van der Waals surface area (Å²) in [7, 11) is 0. The van der Waals surface area contributed by atoms with Crippen LogP contribution in [0.4, 0.5) is 16.2 Å². The van der Waals surface area contributed by atoms with Gasteiger partial charge in [0, 0.05) is 24.3 Å². The van der Waals surface area contributed by atoms with Crippen LogP contribution >= 0.6 is 11.6 Å². The summed E-state index contributed by atoms with van der Waals surface area (Å²) < 4.78 is 0. The third kappa shape index (κ3) is 2.50. The third-order valence-corrected chi connectivity index (χ3v) is 5.91. The first-order chi connectivity index (χ1) is 11.6. The monoisotopic (exact) mass is 344 g/mol. The van der Waals surface area contributed by atoms with Gasteiger partial charge in [0.1, 0.15) is 6.04 Å². The Morgan fingerprint density at radius 2 is 2.08 bits per heavy atom. The summed E-state index contributed by atoms with van der Waals surface area (Å²) in [6.07, 6.45) is 4.21. The summed E-state index contributed by atoms with van der Waals surface area (Å²) in [6, 6.07) is 8.41. The minimum Gasteiger partial charge on any atom is -0.354 e. The third-order valence-electron chi connectivity index (χ3n) is 5.59. The molecule has 1 aromatic carbocycles. The second-order valence-electron chi connectivity index (χ2n) is 7.25. The standard InChI is InChI=1S/C18H21ClN4O/c1-11-6-14-9-15(7-11)23(14)18(24)21-12-2-3-16(19)17(8-12)22-5-4-13(22)10-20/h2-3,8,11,13-15H,4-7,9H2,1H3,(H,21,24). The van der Waals surface area contributed by atoms with Crippen molar-refractivity contribution < 1.29 is 4.79 Å². The summed E-state index contributed by atoms with van der Waals surface area (Å²) in [5, 5.41) is 12.8. The van der Waals surface area contributed by atoms with Crippen LogP contribution in [0, 0.1) is 17.2 Å². The number of piperidine rings is 1. The van der Waals surface area contributed by atoms with Crippen molar-refractivity contribution in [2.45, 2.75) is 50.7 Å². The zero-order chi connectivity index (χ0) is 16.8. The molecule has 3 unspecified atom stereocenters. The molecule has 5 nitrogen and oxygen atoms in total. The Labute approximate surface area is 147 Å². The number of rotatable bonds is 2. The van der Waals surface area contributed by atoms with E-state index in [0.717, 1.165) is 43.6 Å². The van der Waals surface area contributed by atoms with Gasteiger partial charge in [0.2, 0.25) is 0 Å². The molecule has 0 spiro atoms. The first kappa shape index (κ1) is 15.6. The van der Waals surface area contributed by atoms with Crippen molar-refractivity contribution >= 4 is 29.0 Å². The van der Waals surface area contributed by atoms with Crippen molar-refractivity contribution in [2.24, 2.45) is 5.92 Å². The van der Waals surface area contributed by atoms with Crippen LogP contribution in [0.15, 0.2) is 18.2 Å². The normalized spacial score (nSPS) is 30.9. The zero-order valence-corrected chi connectivity index (χ0v) is 14.5. The second-order valence-corrected chi connectivity index (χ2v) is 7.66. The van der Waals surface area contributed by atoms with E-state index >= 15 is 0 Å². The molecule has 3 saturated heterocycles. The molecule has 6 heteroatoms. The molecule has 4 aliphatic rings. The summed E-state index contributed by atoms with van der Waals surface area (Å²) in [5.41, 5.74) is 1.56. The Morgan fingerprint density at radius 3 is 2.71 bits per heavy atom. The first-order valence-corrected chi connectivity index (χ1v) is 8.99. The molecule has 126 valence electrons. The van der Waals surface area contributed by atoms with Crippen LogP contribution < -0.4 is 10.2 Å². The first-order valence-electron chi connectivity index (χ1n) is 8.62. The summed E-state index contributed by atoms with van der Waals surface area (Å²) in [6.45, 7) is 3.09. The van der Waals surface area contributed by atoms with Crippen molar-refractivity contribution in [2.75, 3.05) is 16.8 Å². The van der Waals surface area contributed by atoms with Crippen molar-refractivity contribution in [3.05, 3.63) is 23.2 Å². The summed E-state index contributed by atoms with van der Waals surface area (Å²) in [5.74, 6) is 0.717. The number of benzene rings is 1. The number of carbonyl (C=O) groups excluding carboxylic acids is 1. The highest BCUT2D eigenvalue weighted by Crippen LogP contribution is 2.41. The predicted molar refractivity (Wildman–Crippen MR) is 94.3 cm³/mol. The lowest BCUT2D eigenvalue weighted by Gasteiger charge is -2.54. The second kappa shape index (κ2) is 5.86. The van der Waals surface area contributed by atoms with Crippen LogP contribution in [0.2, 0.25) is 5.02 Å². The molecule has 0 radical (unpaired) electrons. The lowest BCUT2D eigenvalue weighted by atomic mass is 9.74. The van der Waals surface area contributed by atoms with Gasteiger partial charge in [-0.25, -0.2) is 4.79 Å². The van der Waals surface area contributed by atoms with Crippen molar-refractivity contribution in [1.29, 1.82) is 5.26 Å². The van der Waals surface area contributed by atoms with E-state index in [1.54, 1.807) is 6.07 Å². The maximum absolute atomic E-state index is 12.6. The Balaban J connectivity index is 1.47. The van der Waals surface area contributed by atoms with Gasteiger partial charge in [0.05, 0.1) is 16.8 Å². The topological polar surface area (TPSA) is 59.4 Å². The molecular formula is C18H21ClN4O. The fourth-order valence-corrected chi connectivity index (χ4v) is 4.51. The average Bonchev–Trinajstić information content (AvgIpc) is 2.49. The quantitative estimate of drug-likeness (QED) is 0.886. The Bertz CT molecular complexity index is 703. The molecule has 3 atom stereocenters. The number of halogens is 1. The maximum Gasteiger partial charge on any atom is 0.322 e. The van der Waals surface area contributed by atoms with Crippen LogP contribution in [0.25, 0.3) is 0 Å². The summed E-state index contributed by atoms with van der Waals surface area (Å²) >= 11 is 6.28. The molecule has 3 aliphatic heterocycles. The molecule has 24 heavy (non-hydrogen) atoms. The van der Waals surface area contributed by atoms with Gasteiger partial charge in [-0.1, -0.05) is 18.5 Å². The average molecular weight is 345 g/mol. The minimum absolute atomic E-state index is 0.0168. The number of hydrogen-bond acceptors (Lipinski definition) is 3. The van der Waals surface area contributed by atoms with Gasteiger partial charge in [-0.05, 0) is 49.8 Å². The summed E-state index contributed by atoms with van der Waals surface area (Å²) in [4.78, 5) is 16.6. The van der Waals surface area contributed by atoms with Crippen molar-refractivity contribution in [1.82, 2.24) is 4.90 Å². The number of nitrogens with zero attached hydrogens (tertiary/aromatic N) is 3. The van der Waals surface area contributed by atoms with Gasteiger partial charge in [-0.3, -0.25) is 0 Å². The maximum atomic E-state index is 12.6. The molecule has 1 N–H and O–H groups in total. The van der Waals surface area contributed by atoms with E-state index in [1.807, 2.05) is 21.9 Å². The molecule has 3 heterocycles. The van der Waals surface area contributed by atoms with Crippen molar-refractivity contribution in [3.8, 4) is 6.07 Å². The van der Waals surface area contributed by atoms with Gasteiger partial charge >= 0.3 is 6.03 Å². The zero-order valence-electron chi connectivity index (χ0n) is 13.7. The molecule has 1 aliphatic carbocycles. The van der Waals surface area contributed by atoms with Gasteiger partial charge in [-0.15, -0.1) is 0 Å². The highest BCUT2D eigenvalue weighted by Gasteiger charge is 2.46. The number of amides is 2. The van der Waals surface area contributed by atoms with E-state index in [-0.39, 0.29) is 12.1 Å². The molecule has 4 fully saturated rings. The molecule has 0 aromatic heterocycles. The molecular weight excluding hydrogens is 324 g/mol. The highest BCUT2D eigenvalue weighted by atomic mass is 35.5. The van der Waals surface area contributed by atoms with Gasteiger partial charge in [0.15, 0.2) is 0 Å². The number of hydrogen-bond donors (Lipinski definition) is 1. The molecule has 2 amide bonds. The number of nitriles is 1. The van der Waals surface area contributed by atoms with E-state index in [9.17, 15) is 4.79 Å². The molecule has 5 rings (SSSR count). The number of carbonyl (C=O) groups is 1. The van der Waals surface area contributed by atoms with Crippen molar-refractivity contribution in [3.63, 3.8) is 0 Å². The van der Waals surface area contributed by atoms with E-state index in [2.05, 4.69) is 18.3 Å². The highest BCUT2D eigenvalue weighted by molar-refractivity contribution is 6.33. The lowest BCUT2D eigenvalue weighted by Crippen LogP contribution is -2.63. The van der Waals surface area contributed by atoms with Gasteiger partial charge in [0.25, 0.3) is 0 Å². The van der Waals surface area contributed by atoms with Crippen LogP contribution in [0.1, 0.15) is 32.6 Å². The van der Waals surface area contributed by atoms with Gasteiger partial charge < -0.3 is 15.1 Å². The van der Waals surface area contributed by atoms with Gasteiger partial charge in [-0.2, -0.15) is 5.26 Å². The Hall–Kier alpha value is -1.93. The van der Waals surface area contributed by atoms with E-state index in [1.165, 1.54) is 0 Å². The fraction of sp³-hybridized carbons (Fsp3) is 0.556. The Morgan fingerprint density at radius 1 is 1.33 bits per heavy atom. The number of urea groups is 1. The fourth-order valence-electron chi connectivity index (χ4n) is 4.29. The molecule has 1 aromatic rings. The minimum atomic E-state index is -0.121. The molecule has 1 saturated carbocycles. The number of fused-ring (bicyclic) bond motifs is 2. The van der Waals surface area contributed by atoms with E-state index in [0.29, 0.717) is 23.0 Å². The SMILES string of the molecule is CC1CC2CC(C1)N2C(=O)Nc1ccc(Cl)c(N2CCC2C#N)c1. The lowest BCUT2D eigenvalue weighted by molar-refractivity contribution is -0.00600. The Kier molecular flexibility index (Phi) is 3.80. The smallest absolute Gasteiger partial charge is 0.322 e. The van der Waals surface area contributed by atoms with Crippen LogP contribution in [0.5, 0.6) is 0 Å². The largest absolute Gasteiger partial charge is 0.354 e. The predicted octanol–water partition coefficient (Wildman–Crippen LogP) is 3.85.